The van der Waals surface area contributed by atoms with Gasteiger partial charge in [0.15, 0.2) is 11.5 Å². The molecule has 0 spiro atoms. The van der Waals surface area contributed by atoms with Crippen LogP contribution in [0.4, 0.5) is 45.3 Å². The van der Waals surface area contributed by atoms with Crippen LogP contribution in [0.2, 0.25) is 5.02 Å². The molecule has 2 N–H and O–H groups in total. The number of aromatic nitrogens is 8. The molecule has 65 heavy (non-hydrogen) atoms. The first-order valence-electron chi connectivity index (χ1n) is 19.4. The number of anilines is 1. The van der Waals surface area contributed by atoms with Crippen molar-refractivity contribution in [1.29, 1.82) is 0 Å². The molecule has 4 aromatic heterocycles. The highest BCUT2D eigenvalue weighted by Gasteiger charge is 2.54. The van der Waals surface area contributed by atoms with Crippen LogP contribution in [0.3, 0.4) is 0 Å². The van der Waals surface area contributed by atoms with Crippen molar-refractivity contribution in [2.75, 3.05) is 11.0 Å². The van der Waals surface area contributed by atoms with E-state index in [1.807, 2.05) is 0 Å². The van der Waals surface area contributed by atoms with Gasteiger partial charge in [0, 0.05) is 56.0 Å². The predicted octanol–water partition coefficient (Wildman–Crippen LogP) is 8.03. The quantitative estimate of drug-likeness (QED) is 0.118. The van der Waals surface area contributed by atoms with E-state index in [-0.39, 0.29) is 60.1 Å². The van der Waals surface area contributed by atoms with Crippen LogP contribution in [-0.4, -0.2) is 61.2 Å². The van der Waals surface area contributed by atoms with Crippen molar-refractivity contribution in [2.45, 2.75) is 63.8 Å². The number of aryl methyl sites for hydroxylation is 1. The van der Waals surface area contributed by atoms with Gasteiger partial charge in [-0.15, -0.1) is 0 Å². The maximum atomic E-state index is 15.5. The Morgan fingerprint density at radius 2 is 1.72 bits per heavy atom. The number of carbonyl (C=O) groups is 1. The summed E-state index contributed by atoms with van der Waals surface area (Å²) in [4.78, 5) is 33.9. The van der Waals surface area contributed by atoms with Crippen molar-refractivity contribution in [2.24, 2.45) is 13.0 Å². The zero-order valence-electron chi connectivity index (χ0n) is 34.2. The zero-order chi connectivity index (χ0) is 47.1. The normalized spacial score (nSPS) is 16.0. The van der Waals surface area contributed by atoms with Crippen LogP contribution in [0.15, 0.2) is 65.6 Å². The SMILES string of the molecule is CC1Cc2c(C(F)(F)F)nn(CC(=O)NC(Cc3cc(F)cc(F)c3)c3nc4cc(-c5ccn(CC(C)(F)F)n5)ccc4c(=O)n3-c3ccc(Cl)c4c(NS(C)=O)nn(C)c34)c2C1(F)F. The van der Waals surface area contributed by atoms with Crippen LogP contribution < -0.4 is 15.6 Å². The maximum Gasteiger partial charge on any atom is 0.435 e. The summed E-state index contributed by atoms with van der Waals surface area (Å²) in [7, 11) is -0.190. The Bertz CT molecular complexity index is 3120. The molecule has 0 saturated heterocycles. The minimum absolute atomic E-state index is 0.00469. The highest BCUT2D eigenvalue weighted by molar-refractivity contribution is 7.85. The minimum Gasteiger partial charge on any atom is -0.344 e. The van der Waals surface area contributed by atoms with Gasteiger partial charge in [-0.25, -0.2) is 26.8 Å². The largest absolute Gasteiger partial charge is 0.435 e. The Kier molecular flexibility index (Phi) is 11.4. The van der Waals surface area contributed by atoms with E-state index in [9.17, 15) is 39.7 Å². The van der Waals surface area contributed by atoms with Gasteiger partial charge < -0.3 is 5.32 Å². The van der Waals surface area contributed by atoms with E-state index in [4.69, 9.17) is 16.6 Å². The number of nitrogens with zero attached hydrogens (tertiary/aromatic N) is 8. The Labute approximate surface area is 368 Å². The number of carbonyl (C=O) groups excluding carboxylic acids is 1. The third-order valence-corrected chi connectivity index (χ3v) is 11.5. The van der Waals surface area contributed by atoms with Crippen LogP contribution in [0, 0.1) is 17.6 Å². The van der Waals surface area contributed by atoms with Crippen LogP contribution in [-0.2, 0) is 60.9 Å². The summed E-state index contributed by atoms with van der Waals surface area (Å²) in [6.07, 6.45) is -3.75. The molecular weight excluding hydrogens is 919 g/mol. The molecule has 3 unspecified atom stereocenters. The number of hydrogen-bond donors (Lipinski definition) is 2. The number of alkyl halides is 7. The molecule has 0 saturated carbocycles. The predicted molar refractivity (Wildman–Crippen MR) is 221 cm³/mol. The molecule has 342 valence electrons. The summed E-state index contributed by atoms with van der Waals surface area (Å²) < 4.78 is 149. The van der Waals surface area contributed by atoms with Crippen molar-refractivity contribution >= 4 is 56.1 Å². The molecule has 0 bridgehead atoms. The van der Waals surface area contributed by atoms with Crippen molar-refractivity contribution in [3.8, 4) is 16.9 Å². The van der Waals surface area contributed by atoms with Gasteiger partial charge in [0.05, 0.1) is 44.3 Å². The van der Waals surface area contributed by atoms with Crippen molar-refractivity contribution in [3.63, 3.8) is 0 Å². The smallest absolute Gasteiger partial charge is 0.344 e. The number of nitrogens with one attached hydrogen (secondary N) is 2. The molecular formula is C41H34ClF9N10O3S. The summed E-state index contributed by atoms with van der Waals surface area (Å²) in [6, 6.07) is 9.27. The van der Waals surface area contributed by atoms with Crippen molar-refractivity contribution in [3.05, 3.63) is 116 Å². The number of benzene rings is 3. The van der Waals surface area contributed by atoms with Gasteiger partial charge in [-0.05, 0) is 54.4 Å². The molecule has 7 aromatic rings. The van der Waals surface area contributed by atoms with E-state index in [1.54, 1.807) is 0 Å². The van der Waals surface area contributed by atoms with Gasteiger partial charge in [-0.1, -0.05) is 24.6 Å². The lowest BCUT2D eigenvalue weighted by molar-refractivity contribution is -0.142. The first-order chi connectivity index (χ1) is 30.4. The Morgan fingerprint density at radius 3 is 2.38 bits per heavy atom. The molecule has 13 nitrogen and oxygen atoms in total. The number of rotatable bonds is 12. The van der Waals surface area contributed by atoms with Gasteiger partial charge in [0.2, 0.25) is 5.91 Å². The van der Waals surface area contributed by atoms with Gasteiger partial charge in [-0.2, -0.15) is 37.2 Å². The van der Waals surface area contributed by atoms with Crippen molar-refractivity contribution < 1.29 is 48.5 Å². The second kappa shape index (κ2) is 16.3. The maximum absolute atomic E-state index is 15.5. The van der Waals surface area contributed by atoms with Gasteiger partial charge in [0.1, 0.15) is 47.2 Å². The number of fused-ring (bicyclic) bond motifs is 3. The molecule has 0 fully saturated rings. The fourth-order valence-corrected chi connectivity index (χ4v) is 8.74. The standard InChI is InChI=1S/C41H34ClF9N10O3S/c1-19-11-25-34(41(49,50)51)55-60(35(25)40(19,47)48)17-31(62)52-29(14-20-12-22(43)16-23(44)13-20)37-53-28-15-21(27-9-10-59(54-27)18-39(2,45)46)5-6-24(28)38(63)61(37)30-8-7-26(42)32-33(30)58(3)56-36(32)57-65(4)64/h5-10,12-13,15-16,19,29H,11,14,17-18H2,1-4H3,(H,52,62)(H,56,57). The zero-order valence-corrected chi connectivity index (χ0v) is 35.8. The van der Waals surface area contributed by atoms with E-state index in [2.05, 4.69) is 25.3 Å². The van der Waals surface area contributed by atoms with Crippen molar-refractivity contribution in [1.82, 2.24) is 44.2 Å². The molecule has 0 radical (unpaired) electrons. The molecule has 1 aliphatic rings. The highest BCUT2D eigenvalue weighted by Crippen LogP contribution is 2.49. The van der Waals surface area contributed by atoms with E-state index < -0.39 is 107 Å². The molecule has 0 aliphatic heterocycles. The molecule has 3 aromatic carbocycles. The van der Waals surface area contributed by atoms with Crippen LogP contribution in [0.5, 0.6) is 0 Å². The van der Waals surface area contributed by atoms with E-state index >= 15 is 13.6 Å². The average molecular weight is 953 g/mol. The Balaban J connectivity index is 1.35. The molecule has 3 atom stereocenters. The average Bonchev–Trinajstić information content (AvgIpc) is 3.93. The van der Waals surface area contributed by atoms with Crippen LogP contribution in [0.25, 0.3) is 38.8 Å². The lowest BCUT2D eigenvalue weighted by atomic mass is 10.0. The van der Waals surface area contributed by atoms with E-state index in [0.717, 1.165) is 28.3 Å². The molecule has 1 amide bonds. The number of hydrogen-bond acceptors (Lipinski definition) is 7. The summed E-state index contributed by atoms with van der Waals surface area (Å²) in [5.74, 6) is -12.1. The molecule has 4 heterocycles. The van der Waals surface area contributed by atoms with Gasteiger partial charge in [-0.3, -0.25) is 32.9 Å². The Morgan fingerprint density at radius 1 is 1.02 bits per heavy atom. The first kappa shape index (κ1) is 45.3. The topological polar surface area (TPSA) is 147 Å². The third kappa shape index (κ3) is 8.69. The summed E-state index contributed by atoms with van der Waals surface area (Å²) in [5.41, 5.74) is -3.81. The lowest BCUT2D eigenvalue weighted by Gasteiger charge is -2.24. The van der Waals surface area contributed by atoms with Crippen LogP contribution in [0.1, 0.15) is 48.2 Å². The highest BCUT2D eigenvalue weighted by atomic mass is 35.5. The molecule has 1 aliphatic carbocycles. The molecule has 24 heteroatoms. The number of amides is 1. The second-order valence-corrected chi connectivity index (χ2v) is 17.3. The van der Waals surface area contributed by atoms with E-state index in [0.29, 0.717) is 18.6 Å². The van der Waals surface area contributed by atoms with Gasteiger partial charge in [0.25, 0.3) is 17.4 Å². The Hall–Kier alpha value is -6.23. The monoisotopic (exact) mass is 952 g/mol. The summed E-state index contributed by atoms with van der Waals surface area (Å²) >= 11 is 6.65. The van der Waals surface area contributed by atoms with Gasteiger partial charge >= 0.3 is 6.18 Å². The molecule has 8 rings (SSSR count). The fourth-order valence-electron chi connectivity index (χ4n) is 8.09. The lowest BCUT2D eigenvalue weighted by Crippen LogP contribution is -2.38. The fraction of sp³-hybridized carbons (Fsp3) is 0.317. The first-order valence-corrected chi connectivity index (χ1v) is 21.4. The minimum atomic E-state index is -5.16. The second-order valence-electron chi connectivity index (χ2n) is 15.8. The van der Waals surface area contributed by atoms with Crippen LogP contribution >= 0.6 is 11.6 Å². The third-order valence-electron chi connectivity index (χ3n) is 10.7. The summed E-state index contributed by atoms with van der Waals surface area (Å²) in [6.45, 7) is -0.180. The van der Waals surface area contributed by atoms with E-state index in [1.165, 1.54) is 60.6 Å². The number of halogens is 10. The summed E-state index contributed by atoms with van der Waals surface area (Å²) in [5, 5.41) is 14.8.